The highest BCUT2D eigenvalue weighted by Crippen LogP contribution is 2.50. The van der Waals surface area contributed by atoms with Gasteiger partial charge in [-0.25, -0.2) is 0 Å². The van der Waals surface area contributed by atoms with Gasteiger partial charge in [-0.1, -0.05) is 218 Å². The first-order valence-electron chi connectivity index (χ1n) is 31.5. The summed E-state index contributed by atoms with van der Waals surface area (Å²) >= 11 is 0. The van der Waals surface area contributed by atoms with Gasteiger partial charge in [0.15, 0.2) is 0 Å². The molecule has 0 fully saturated rings. The highest BCUT2D eigenvalue weighted by Gasteiger charge is 2.24. The van der Waals surface area contributed by atoms with E-state index in [0.29, 0.717) is 0 Å². The molecule has 0 spiro atoms. The summed E-state index contributed by atoms with van der Waals surface area (Å²) in [6.07, 6.45) is 7.46. The minimum atomic E-state index is 0.973. The van der Waals surface area contributed by atoms with Crippen molar-refractivity contribution in [3.63, 3.8) is 0 Å². The summed E-state index contributed by atoms with van der Waals surface area (Å²) in [5.74, 6) is 0. The van der Waals surface area contributed by atoms with Gasteiger partial charge in [0.05, 0.1) is 22.8 Å². The number of fused-ring (bicyclic) bond motifs is 4. The van der Waals surface area contributed by atoms with Crippen molar-refractivity contribution in [1.82, 2.24) is 19.9 Å². The van der Waals surface area contributed by atoms with Crippen molar-refractivity contribution in [2.45, 2.75) is 27.7 Å². The van der Waals surface area contributed by atoms with Gasteiger partial charge in [-0.2, -0.15) is 0 Å². The maximum atomic E-state index is 4.71. The van der Waals surface area contributed by atoms with Gasteiger partial charge in [0, 0.05) is 47.0 Å². The maximum Gasteiger partial charge on any atom is 0.0704 e. The lowest BCUT2D eigenvalue weighted by Crippen LogP contribution is -1.96. The fourth-order valence-corrected chi connectivity index (χ4v) is 13.7. The van der Waals surface area contributed by atoms with Gasteiger partial charge < -0.3 is 0 Å². The SMILES string of the molecule is Cc1c(-c2ccccn2)cccc1-c1c2ccccc2c(-c2cccc(-c3ccccn3)c2C)c2cc(-c3ccccc3)ccc12.Cc1ccc(-c2ccccn2)cc1-c1c2ccccc2c(-c2cc(-c3ccccn3)ccc2C)c2cc(-c3ccccc3)ccc12. The van der Waals surface area contributed by atoms with Crippen LogP contribution in [0.5, 0.6) is 0 Å². The zero-order valence-corrected chi connectivity index (χ0v) is 51.8. The number of aryl methyl sites for hydroxylation is 2. The Kier molecular flexibility index (Phi) is 15.2. The minimum Gasteiger partial charge on any atom is -0.256 e. The highest BCUT2D eigenvalue weighted by atomic mass is 14.7. The summed E-state index contributed by atoms with van der Waals surface area (Å²) in [6, 6.07) is 104. The standard InChI is InChI=1S/2C44H32N2/c1-29-33(41-22-8-10-26-45-41)18-12-20-35(29)43-37-16-6-7-17-38(37)44(36-21-13-19-34(30(36)2)42-23-9-11-27-46-42)40-28-32(24-25-39(40)43)31-14-4-3-5-15-31;1-29-18-20-33(41-16-8-10-24-45-41)27-38(29)43-35-14-6-7-15-36(35)44(39-28-34(21-19-30(39)2)42-17-9-11-25-46-42)40-26-32(22-23-37(40)43)31-12-4-3-5-13-31/h2*3-28H,1-2H3. The van der Waals surface area contributed by atoms with Crippen LogP contribution in [-0.2, 0) is 0 Å². The average molecular weight is 1180 g/mol. The summed E-state index contributed by atoms with van der Waals surface area (Å²) in [7, 11) is 0. The van der Waals surface area contributed by atoms with Crippen molar-refractivity contribution < 1.29 is 0 Å². The highest BCUT2D eigenvalue weighted by molar-refractivity contribution is 6.24. The van der Waals surface area contributed by atoms with E-state index in [0.717, 1.165) is 45.0 Å². The van der Waals surface area contributed by atoms with E-state index in [1.165, 1.54) is 132 Å². The van der Waals surface area contributed by atoms with E-state index in [9.17, 15) is 0 Å². The van der Waals surface area contributed by atoms with Crippen LogP contribution in [0.1, 0.15) is 22.3 Å². The van der Waals surface area contributed by atoms with Crippen LogP contribution in [0.2, 0.25) is 0 Å². The number of rotatable bonds is 10. The molecule has 4 heterocycles. The molecule has 0 radical (unpaired) electrons. The topological polar surface area (TPSA) is 51.6 Å². The molecule has 0 aliphatic heterocycles. The quantitative estimate of drug-likeness (QED) is 0.128. The molecule has 92 heavy (non-hydrogen) atoms. The Bertz CT molecular complexity index is 5230. The van der Waals surface area contributed by atoms with E-state index in [-0.39, 0.29) is 0 Å². The molecule has 0 N–H and O–H groups in total. The average Bonchev–Trinajstić information content (AvgIpc) is 0.759. The van der Waals surface area contributed by atoms with Crippen LogP contribution in [0.25, 0.3) is 155 Å². The molecule has 0 amide bonds. The summed E-state index contributed by atoms with van der Waals surface area (Å²) < 4.78 is 0. The monoisotopic (exact) mass is 1180 g/mol. The van der Waals surface area contributed by atoms with Gasteiger partial charge in [-0.3, -0.25) is 19.9 Å². The van der Waals surface area contributed by atoms with E-state index in [2.05, 4.69) is 299 Å². The molecular weight excluding hydrogens is 1110 g/mol. The molecule has 0 atom stereocenters. The molecule has 16 aromatic rings. The van der Waals surface area contributed by atoms with Crippen molar-refractivity contribution in [3.8, 4) is 112 Å². The van der Waals surface area contributed by atoms with Crippen LogP contribution in [-0.4, -0.2) is 19.9 Å². The molecule has 12 aromatic carbocycles. The van der Waals surface area contributed by atoms with Crippen molar-refractivity contribution in [2.24, 2.45) is 0 Å². The molecule has 16 rings (SSSR count). The molecular formula is C88H64N4. The first-order valence-corrected chi connectivity index (χ1v) is 31.5. The first kappa shape index (κ1) is 56.8. The molecule has 4 nitrogen and oxygen atoms in total. The van der Waals surface area contributed by atoms with E-state index in [1.54, 1.807) is 0 Å². The van der Waals surface area contributed by atoms with Crippen LogP contribution in [0.3, 0.4) is 0 Å². The Labute approximate surface area is 537 Å². The van der Waals surface area contributed by atoms with Gasteiger partial charge in [0.2, 0.25) is 0 Å². The van der Waals surface area contributed by atoms with E-state index < -0.39 is 0 Å². The summed E-state index contributed by atoms with van der Waals surface area (Å²) in [4.78, 5) is 18.8. The van der Waals surface area contributed by atoms with Crippen LogP contribution >= 0.6 is 0 Å². The van der Waals surface area contributed by atoms with E-state index in [4.69, 9.17) is 9.97 Å². The zero-order chi connectivity index (χ0) is 62.1. The maximum absolute atomic E-state index is 4.71. The summed E-state index contributed by atoms with van der Waals surface area (Å²) in [5.41, 5.74) is 28.1. The Morgan fingerprint density at radius 1 is 0.185 bits per heavy atom. The lowest BCUT2D eigenvalue weighted by Gasteiger charge is -2.22. The van der Waals surface area contributed by atoms with Gasteiger partial charge in [-0.15, -0.1) is 0 Å². The number of aromatic nitrogens is 4. The Balaban J connectivity index is 0.000000153. The molecule has 0 bridgehead atoms. The minimum absolute atomic E-state index is 0.973. The molecule has 4 heteroatoms. The van der Waals surface area contributed by atoms with Crippen molar-refractivity contribution in [3.05, 3.63) is 338 Å². The first-order chi connectivity index (χ1) is 45.3. The van der Waals surface area contributed by atoms with Crippen molar-refractivity contribution in [2.75, 3.05) is 0 Å². The van der Waals surface area contributed by atoms with Gasteiger partial charge >= 0.3 is 0 Å². The van der Waals surface area contributed by atoms with Crippen LogP contribution in [0.15, 0.2) is 316 Å². The molecule has 0 aliphatic carbocycles. The molecule has 0 saturated carbocycles. The smallest absolute Gasteiger partial charge is 0.0704 e. The van der Waals surface area contributed by atoms with Crippen LogP contribution < -0.4 is 0 Å². The normalized spacial score (nSPS) is 11.3. The fourth-order valence-electron chi connectivity index (χ4n) is 13.7. The molecule has 0 saturated heterocycles. The van der Waals surface area contributed by atoms with Gasteiger partial charge in [0.25, 0.3) is 0 Å². The van der Waals surface area contributed by atoms with E-state index >= 15 is 0 Å². The molecule has 4 aromatic heterocycles. The second-order valence-electron chi connectivity index (χ2n) is 23.7. The van der Waals surface area contributed by atoms with Gasteiger partial charge in [-0.05, 0) is 233 Å². The number of pyridine rings is 4. The predicted octanol–water partition coefficient (Wildman–Crippen LogP) is 23.5. The Hall–Kier alpha value is -11.7. The van der Waals surface area contributed by atoms with Gasteiger partial charge in [0.1, 0.15) is 0 Å². The largest absolute Gasteiger partial charge is 0.256 e. The lowest BCUT2D eigenvalue weighted by atomic mass is 9.82. The van der Waals surface area contributed by atoms with Crippen LogP contribution in [0, 0.1) is 27.7 Å². The second kappa shape index (κ2) is 24.7. The summed E-state index contributed by atoms with van der Waals surface area (Å²) in [5, 5.41) is 9.88. The van der Waals surface area contributed by atoms with Crippen molar-refractivity contribution >= 4 is 43.1 Å². The Morgan fingerprint density at radius 2 is 0.489 bits per heavy atom. The molecule has 0 unspecified atom stereocenters. The van der Waals surface area contributed by atoms with Crippen molar-refractivity contribution in [1.29, 1.82) is 0 Å². The predicted molar refractivity (Wildman–Crippen MR) is 387 cm³/mol. The zero-order valence-electron chi connectivity index (χ0n) is 51.8. The van der Waals surface area contributed by atoms with Crippen LogP contribution in [0.4, 0.5) is 0 Å². The molecule has 0 aliphatic rings. The number of hydrogen-bond donors (Lipinski definition) is 0. The Morgan fingerprint density at radius 3 is 0.870 bits per heavy atom. The summed E-state index contributed by atoms with van der Waals surface area (Å²) in [6.45, 7) is 8.89. The third kappa shape index (κ3) is 10.6. The lowest BCUT2D eigenvalue weighted by molar-refractivity contribution is 1.31. The second-order valence-corrected chi connectivity index (χ2v) is 23.7. The third-order valence-electron chi connectivity index (χ3n) is 18.3. The number of benzene rings is 12. The molecule has 436 valence electrons. The van der Waals surface area contributed by atoms with E-state index in [1.807, 2.05) is 55.1 Å². The number of hydrogen-bond acceptors (Lipinski definition) is 4. The fraction of sp³-hybridized carbons (Fsp3) is 0.0455. The number of nitrogens with zero attached hydrogens (tertiary/aromatic N) is 4. The third-order valence-corrected chi connectivity index (χ3v) is 18.3.